The monoisotopic (exact) mass is 616 g/mol. The number of rotatable bonds is 13. The van der Waals surface area contributed by atoms with E-state index in [0.717, 1.165) is 11.3 Å². The fourth-order valence-electron chi connectivity index (χ4n) is 2.43. The number of carboxylic acids is 2. The van der Waals surface area contributed by atoms with Crippen molar-refractivity contribution in [3.63, 3.8) is 0 Å². The van der Waals surface area contributed by atoms with Crippen LogP contribution in [0.15, 0.2) is 17.5 Å². The first-order chi connectivity index (χ1) is 18.3. The molecule has 0 spiro atoms. The molecule has 1 rings (SSSR count). The standard InChI is InChI=1S/C21H31ClN4O6S.C2HF3O2/c1-12(2)17(26-20(31)21(3,4)23)19(30)32-13(7-5-6-8-22)9-15(27)24-10-16-25-14(11-33-16)18(28)29;3-2(4,5)1(6)7/h5,7,11-13,17H,6,8-10,23H2,1-4H3,(H,24,27)(H,26,31)(H,28,29);(H,6,7)/b7-5+;/t13-,17+;/m1./s1. The molecule has 6 N–H and O–H groups in total. The summed E-state index contributed by atoms with van der Waals surface area (Å²) in [5.74, 6) is -5.45. The van der Waals surface area contributed by atoms with Crippen LogP contribution in [-0.4, -0.2) is 74.7 Å². The lowest BCUT2D eigenvalue weighted by atomic mass is 10.0. The molecule has 0 aliphatic carbocycles. The van der Waals surface area contributed by atoms with Crippen molar-refractivity contribution in [2.75, 3.05) is 5.88 Å². The van der Waals surface area contributed by atoms with Gasteiger partial charge in [0.15, 0.2) is 5.69 Å². The largest absolute Gasteiger partial charge is 0.490 e. The normalized spacial score (nSPS) is 13.2. The van der Waals surface area contributed by atoms with E-state index < -0.39 is 53.6 Å². The van der Waals surface area contributed by atoms with Gasteiger partial charge in [-0.3, -0.25) is 9.59 Å². The second-order valence-corrected chi connectivity index (χ2v) is 10.3. The van der Waals surface area contributed by atoms with E-state index in [1.165, 1.54) is 19.2 Å². The van der Waals surface area contributed by atoms with Gasteiger partial charge in [-0.05, 0) is 32.3 Å². The summed E-state index contributed by atoms with van der Waals surface area (Å²) in [6, 6.07) is -0.947. The Morgan fingerprint density at radius 3 is 2.20 bits per heavy atom. The number of hydrogen-bond acceptors (Lipinski definition) is 9. The van der Waals surface area contributed by atoms with E-state index in [1.54, 1.807) is 26.0 Å². The molecule has 17 heteroatoms. The van der Waals surface area contributed by atoms with Gasteiger partial charge in [0.2, 0.25) is 11.8 Å². The maximum atomic E-state index is 12.8. The first-order valence-electron chi connectivity index (χ1n) is 11.6. The van der Waals surface area contributed by atoms with Crippen LogP contribution in [-0.2, 0) is 30.5 Å². The van der Waals surface area contributed by atoms with Crippen LogP contribution in [0.3, 0.4) is 0 Å². The predicted molar refractivity (Wildman–Crippen MR) is 139 cm³/mol. The molecule has 0 saturated carbocycles. The van der Waals surface area contributed by atoms with Crippen LogP contribution in [0, 0.1) is 5.92 Å². The maximum absolute atomic E-state index is 12.8. The molecule has 0 fully saturated rings. The molecule has 0 saturated heterocycles. The van der Waals surface area contributed by atoms with Gasteiger partial charge < -0.3 is 31.3 Å². The lowest BCUT2D eigenvalue weighted by Crippen LogP contribution is -2.56. The molecule has 0 aromatic carbocycles. The van der Waals surface area contributed by atoms with Gasteiger partial charge in [0.1, 0.15) is 17.2 Å². The minimum atomic E-state index is -5.08. The predicted octanol–water partition coefficient (Wildman–Crippen LogP) is 2.46. The number of allylic oxidation sites excluding steroid dienone is 1. The quantitative estimate of drug-likeness (QED) is 0.125. The number of aromatic nitrogens is 1. The van der Waals surface area contributed by atoms with Crippen molar-refractivity contribution in [2.24, 2.45) is 11.7 Å². The minimum Gasteiger partial charge on any atom is -0.476 e. The number of halogens is 4. The Morgan fingerprint density at radius 2 is 1.77 bits per heavy atom. The fraction of sp³-hybridized carbons (Fsp3) is 0.565. The average Bonchev–Trinajstić information content (AvgIpc) is 3.29. The first kappa shape index (κ1) is 36.8. The van der Waals surface area contributed by atoms with E-state index in [9.17, 15) is 32.3 Å². The van der Waals surface area contributed by atoms with Crippen molar-refractivity contribution in [2.45, 2.75) is 70.9 Å². The fourth-order valence-corrected chi connectivity index (χ4v) is 3.26. The Hall–Kier alpha value is -3.24. The number of carbonyl (C=O) groups excluding carboxylic acids is 3. The second-order valence-electron chi connectivity index (χ2n) is 9.01. The molecular weight excluding hydrogens is 585 g/mol. The lowest BCUT2D eigenvalue weighted by Gasteiger charge is -2.26. The third-order valence-corrected chi connectivity index (χ3v) is 5.59. The van der Waals surface area contributed by atoms with Crippen molar-refractivity contribution >= 4 is 52.7 Å². The number of carbonyl (C=O) groups is 5. The summed E-state index contributed by atoms with van der Waals surface area (Å²) in [6.07, 6.45) is -2.37. The van der Waals surface area contributed by atoms with Gasteiger partial charge in [-0.1, -0.05) is 19.9 Å². The summed E-state index contributed by atoms with van der Waals surface area (Å²) < 4.78 is 37.3. The lowest BCUT2D eigenvalue weighted by molar-refractivity contribution is -0.192. The number of nitrogens with zero attached hydrogens (tertiary/aromatic N) is 1. The highest BCUT2D eigenvalue weighted by atomic mass is 35.5. The number of amides is 2. The smallest absolute Gasteiger partial charge is 0.476 e. The Morgan fingerprint density at radius 1 is 1.20 bits per heavy atom. The van der Waals surface area contributed by atoms with Crippen LogP contribution >= 0.6 is 22.9 Å². The molecule has 0 aliphatic heterocycles. The number of aliphatic carboxylic acids is 1. The SMILES string of the molecule is CC(C)[C@H](NC(=O)C(C)(C)N)C(=O)O[C@H](/C=C/CCCl)CC(=O)NCc1nc(C(=O)O)cs1.O=C(O)C(F)(F)F. The molecular formula is C23H32ClF3N4O8S. The Balaban J connectivity index is 0.00000191. The van der Waals surface area contributed by atoms with E-state index in [1.807, 2.05) is 0 Å². The molecule has 0 radical (unpaired) electrons. The molecule has 0 aliphatic rings. The van der Waals surface area contributed by atoms with Gasteiger partial charge in [-0.2, -0.15) is 13.2 Å². The van der Waals surface area contributed by atoms with Crippen LogP contribution in [0.4, 0.5) is 13.2 Å². The summed E-state index contributed by atoms with van der Waals surface area (Å²) in [5.41, 5.74) is 4.53. The number of ether oxygens (including phenoxy) is 1. The van der Waals surface area contributed by atoms with Gasteiger partial charge >= 0.3 is 24.1 Å². The minimum absolute atomic E-state index is 0.0408. The Bertz CT molecular complexity index is 1060. The third kappa shape index (κ3) is 14.8. The van der Waals surface area contributed by atoms with Crippen molar-refractivity contribution < 1.29 is 52.1 Å². The zero-order chi connectivity index (χ0) is 31.3. The molecule has 2 amide bonds. The topological polar surface area (TPSA) is 198 Å². The summed E-state index contributed by atoms with van der Waals surface area (Å²) in [7, 11) is 0. The van der Waals surface area contributed by atoms with E-state index in [0.29, 0.717) is 17.3 Å². The maximum Gasteiger partial charge on any atom is 0.490 e. The van der Waals surface area contributed by atoms with Gasteiger partial charge in [0.25, 0.3) is 0 Å². The van der Waals surface area contributed by atoms with Crippen molar-refractivity contribution in [3.05, 3.63) is 28.2 Å². The van der Waals surface area contributed by atoms with Crippen molar-refractivity contribution in [1.29, 1.82) is 0 Å². The number of nitrogens with two attached hydrogens (primary N) is 1. The highest BCUT2D eigenvalue weighted by Gasteiger charge is 2.38. The summed E-state index contributed by atoms with van der Waals surface area (Å²) in [5, 5.41) is 23.1. The first-order valence-corrected chi connectivity index (χ1v) is 13.0. The number of thiazole rings is 1. The highest BCUT2D eigenvalue weighted by Crippen LogP contribution is 2.14. The van der Waals surface area contributed by atoms with Crippen molar-refractivity contribution in [3.8, 4) is 0 Å². The average molecular weight is 617 g/mol. The summed E-state index contributed by atoms with van der Waals surface area (Å²) in [6.45, 7) is 6.59. The molecule has 12 nitrogen and oxygen atoms in total. The highest BCUT2D eigenvalue weighted by molar-refractivity contribution is 7.09. The Labute approximate surface area is 237 Å². The molecule has 226 valence electrons. The van der Waals surface area contributed by atoms with Gasteiger partial charge in [0.05, 0.1) is 18.5 Å². The zero-order valence-electron chi connectivity index (χ0n) is 22.1. The molecule has 0 unspecified atom stereocenters. The Kier molecular flexibility index (Phi) is 15.4. The van der Waals surface area contributed by atoms with Crippen LogP contribution < -0.4 is 16.4 Å². The summed E-state index contributed by atoms with van der Waals surface area (Å²) in [4.78, 5) is 61.1. The van der Waals surface area contributed by atoms with Crippen LogP contribution in [0.2, 0.25) is 0 Å². The number of aromatic carboxylic acids is 1. The van der Waals surface area contributed by atoms with E-state index in [2.05, 4.69) is 15.6 Å². The van der Waals surface area contributed by atoms with Crippen LogP contribution in [0.1, 0.15) is 56.0 Å². The van der Waals surface area contributed by atoms with Gasteiger partial charge in [0, 0.05) is 11.3 Å². The molecule has 1 heterocycles. The molecule has 2 atom stereocenters. The number of hydrogen-bond donors (Lipinski definition) is 5. The number of esters is 1. The molecule has 1 aromatic rings. The van der Waals surface area contributed by atoms with Gasteiger partial charge in [-0.15, -0.1) is 22.9 Å². The van der Waals surface area contributed by atoms with Crippen LogP contribution in [0.5, 0.6) is 0 Å². The number of alkyl halides is 4. The number of nitrogens with one attached hydrogen (secondary N) is 2. The molecule has 40 heavy (non-hydrogen) atoms. The van der Waals surface area contributed by atoms with E-state index >= 15 is 0 Å². The second kappa shape index (κ2) is 16.8. The third-order valence-electron chi connectivity index (χ3n) is 4.52. The summed E-state index contributed by atoms with van der Waals surface area (Å²) >= 11 is 6.79. The number of carboxylic acid groups (broad SMARTS) is 2. The zero-order valence-corrected chi connectivity index (χ0v) is 23.7. The van der Waals surface area contributed by atoms with Crippen LogP contribution in [0.25, 0.3) is 0 Å². The molecule has 1 aromatic heterocycles. The molecule has 0 bridgehead atoms. The van der Waals surface area contributed by atoms with Crippen molar-refractivity contribution in [1.82, 2.24) is 15.6 Å². The van der Waals surface area contributed by atoms with Gasteiger partial charge in [-0.25, -0.2) is 19.4 Å². The van der Waals surface area contributed by atoms with E-state index in [4.69, 9.17) is 37.1 Å². The van der Waals surface area contributed by atoms with E-state index in [-0.39, 0.29) is 24.6 Å².